The highest BCUT2D eigenvalue weighted by molar-refractivity contribution is 5.36. The third kappa shape index (κ3) is 4.54. The van der Waals surface area contributed by atoms with Gasteiger partial charge in [-0.25, -0.2) is 0 Å². The fourth-order valence-corrected chi connectivity index (χ4v) is 1.97. The van der Waals surface area contributed by atoms with Gasteiger partial charge in [0.25, 0.3) is 0 Å². The quantitative estimate of drug-likeness (QED) is 0.756. The van der Waals surface area contributed by atoms with Gasteiger partial charge in [-0.2, -0.15) is 5.26 Å². The van der Waals surface area contributed by atoms with Gasteiger partial charge in [0.1, 0.15) is 24.7 Å². The second-order valence-electron chi connectivity index (χ2n) is 4.94. The van der Waals surface area contributed by atoms with Crippen molar-refractivity contribution in [2.75, 3.05) is 13.2 Å². The van der Waals surface area contributed by atoms with Gasteiger partial charge in [0.15, 0.2) is 0 Å². The van der Waals surface area contributed by atoms with Gasteiger partial charge in [0.2, 0.25) is 0 Å². The molecule has 21 heavy (non-hydrogen) atoms. The van der Waals surface area contributed by atoms with Crippen molar-refractivity contribution in [3.05, 3.63) is 59.2 Å². The molecular formula is C18H19NO2. The molecule has 0 aliphatic rings. The van der Waals surface area contributed by atoms with Gasteiger partial charge < -0.3 is 9.47 Å². The summed E-state index contributed by atoms with van der Waals surface area (Å²) in [5.41, 5.74) is 3.31. The van der Waals surface area contributed by atoms with Gasteiger partial charge in [-0.15, -0.1) is 0 Å². The molecule has 2 aromatic rings. The Morgan fingerprint density at radius 2 is 1.67 bits per heavy atom. The number of hydrogen-bond donors (Lipinski definition) is 0. The average Bonchev–Trinajstić information content (AvgIpc) is 2.49. The number of benzene rings is 2. The van der Waals surface area contributed by atoms with Gasteiger partial charge in [-0.05, 0) is 48.7 Å². The molecule has 0 radical (unpaired) electrons. The Morgan fingerprint density at radius 1 is 0.952 bits per heavy atom. The van der Waals surface area contributed by atoms with Crippen LogP contribution >= 0.6 is 0 Å². The van der Waals surface area contributed by atoms with Crippen LogP contribution in [0.1, 0.15) is 16.7 Å². The number of ether oxygens (including phenoxy) is 2. The molecule has 0 bridgehead atoms. The lowest BCUT2D eigenvalue weighted by Crippen LogP contribution is -2.09. The van der Waals surface area contributed by atoms with Crippen LogP contribution in [0.5, 0.6) is 11.5 Å². The van der Waals surface area contributed by atoms with Gasteiger partial charge in [0, 0.05) is 0 Å². The second-order valence-corrected chi connectivity index (χ2v) is 4.94. The summed E-state index contributed by atoms with van der Waals surface area (Å²) in [7, 11) is 0. The molecule has 0 aromatic heterocycles. The molecule has 108 valence electrons. The molecule has 0 aliphatic carbocycles. The highest BCUT2D eigenvalue weighted by Crippen LogP contribution is 2.19. The summed E-state index contributed by atoms with van der Waals surface area (Å²) in [6.45, 7) is 5.07. The first kappa shape index (κ1) is 14.9. The molecular weight excluding hydrogens is 262 g/mol. The third-order valence-electron chi connectivity index (χ3n) is 3.16. The van der Waals surface area contributed by atoms with Crippen LogP contribution in [0.15, 0.2) is 42.5 Å². The molecule has 0 unspecified atom stereocenters. The minimum absolute atomic E-state index is 0.427. The van der Waals surface area contributed by atoms with E-state index in [-0.39, 0.29) is 0 Å². The van der Waals surface area contributed by atoms with Crippen molar-refractivity contribution in [1.29, 1.82) is 5.26 Å². The van der Waals surface area contributed by atoms with E-state index >= 15 is 0 Å². The highest BCUT2D eigenvalue weighted by Gasteiger charge is 2.00. The van der Waals surface area contributed by atoms with Crippen LogP contribution in [-0.4, -0.2) is 13.2 Å². The molecule has 3 nitrogen and oxygen atoms in total. The first-order chi connectivity index (χ1) is 10.2. The maximum Gasteiger partial charge on any atom is 0.122 e. The zero-order valence-electron chi connectivity index (χ0n) is 12.4. The van der Waals surface area contributed by atoms with Crippen LogP contribution in [0, 0.1) is 25.2 Å². The molecule has 0 heterocycles. The Kier molecular flexibility index (Phi) is 5.22. The zero-order valence-corrected chi connectivity index (χ0v) is 12.4. The minimum atomic E-state index is 0.427. The SMILES string of the molecule is Cc1ccc(C)c(OCCOc2ccc(CC#N)cc2)c1. The Morgan fingerprint density at radius 3 is 2.38 bits per heavy atom. The second kappa shape index (κ2) is 7.35. The largest absolute Gasteiger partial charge is 0.490 e. The van der Waals surface area contributed by atoms with Crippen molar-refractivity contribution in [2.24, 2.45) is 0 Å². The van der Waals surface area contributed by atoms with Crippen molar-refractivity contribution >= 4 is 0 Å². The monoisotopic (exact) mass is 281 g/mol. The lowest BCUT2D eigenvalue weighted by atomic mass is 10.1. The van der Waals surface area contributed by atoms with Gasteiger partial charge in [0.05, 0.1) is 12.5 Å². The van der Waals surface area contributed by atoms with E-state index in [9.17, 15) is 0 Å². The normalized spacial score (nSPS) is 9.95. The van der Waals surface area contributed by atoms with E-state index in [1.807, 2.05) is 44.2 Å². The van der Waals surface area contributed by atoms with Crippen LogP contribution in [0.25, 0.3) is 0 Å². The summed E-state index contributed by atoms with van der Waals surface area (Å²) in [6, 6.07) is 15.9. The van der Waals surface area contributed by atoms with Crippen molar-refractivity contribution in [3.63, 3.8) is 0 Å². The fourth-order valence-electron chi connectivity index (χ4n) is 1.97. The van der Waals surface area contributed by atoms with Crippen LogP contribution in [0.4, 0.5) is 0 Å². The van der Waals surface area contributed by atoms with Gasteiger partial charge in [-0.3, -0.25) is 0 Å². The fraction of sp³-hybridized carbons (Fsp3) is 0.278. The molecule has 0 saturated carbocycles. The standard InChI is InChI=1S/C18H19NO2/c1-14-3-4-15(2)18(13-14)21-12-11-20-17-7-5-16(6-8-17)9-10-19/h3-8,13H,9,11-12H2,1-2H3. The van der Waals surface area contributed by atoms with E-state index in [1.54, 1.807) is 0 Å². The third-order valence-corrected chi connectivity index (χ3v) is 3.16. The van der Waals surface area contributed by atoms with E-state index in [0.717, 1.165) is 22.6 Å². The molecule has 0 saturated heterocycles. The van der Waals surface area contributed by atoms with Crippen LogP contribution in [0.3, 0.4) is 0 Å². The van der Waals surface area contributed by atoms with Gasteiger partial charge in [-0.1, -0.05) is 24.3 Å². The van der Waals surface area contributed by atoms with E-state index in [1.165, 1.54) is 5.56 Å². The molecule has 0 atom stereocenters. The molecule has 0 N–H and O–H groups in total. The van der Waals surface area contributed by atoms with Crippen molar-refractivity contribution < 1.29 is 9.47 Å². The summed E-state index contributed by atoms with van der Waals surface area (Å²) in [5.74, 6) is 1.70. The summed E-state index contributed by atoms with van der Waals surface area (Å²) >= 11 is 0. The van der Waals surface area contributed by atoms with Crippen molar-refractivity contribution in [1.82, 2.24) is 0 Å². The smallest absolute Gasteiger partial charge is 0.122 e. The van der Waals surface area contributed by atoms with Crippen molar-refractivity contribution in [3.8, 4) is 17.6 Å². The number of rotatable bonds is 6. The molecule has 2 aromatic carbocycles. The number of nitriles is 1. The number of hydrogen-bond acceptors (Lipinski definition) is 3. The Bertz CT molecular complexity index is 627. The van der Waals surface area contributed by atoms with E-state index < -0.39 is 0 Å². The Labute approximate surface area is 125 Å². The first-order valence-corrected chi connectivity index (χ1v) is 6.98. The Hall–Kier alpha value is -2.47. The van der Waals surface area contributed by atoms with Crippen LogP contribution in [-0.2, 0) is 6.42 Å². The predicted octanol–water partition coefficient (Wildman–Crippen LogP) is 3.83. The van der Waals surface area contributed by atoms with Crippen molar-refractivity contribution in [2.45, 2.75) is 20.3 Å². The topological polar surface area (TPSA) is 42.2 Å². The van der Waals surface area contributed by atoms with Crippen LogP contribution < -0.4 is 9.47 Å². The number of aryl methyl sites for hydroxylation is 2. The van der Waals surface area contributed by atoms with E-state index in [4.69, 9.17) is 14.7 Å². The van der Waals surface area contributed by atoms with E-state index in [0.29, 0.717) is 19.6 Å². The maximum atomic E-state index is 8.61. The van der Waals surface area contributed by atoms with Crippen LogP contribution in [0.2, 0.25) is 0 Å². The Balaban J connectivity index is 1.79. The summed E-state index contributed by atoms with van der Waals surface area (Å²) in [6.07, 6.45) is 0.427. The molecule has 0 fully saturated rings. The summed E-state index contributed by atoms with van der Waals surface area (Å²) < 4.78 is 11.4. The van der Waals surface area contributed by atoms with E-state index in [2.05, 4.69) is 18.2 Å². The molecule has 3 heteroatoms. The lowest BCUT2D eigenvalue weighted by Gasteiger charge is -2.11. The molecule has 0 amide bonds. The lowest BCUT2D eigenvalue weighted by molar-refractivity contribution is 0.216. The average molecular weight is 281 g/mol. The molecule has 0 spiro atoms. The highest BCUT2D eigenvalue weighted by atomic mass is 16.5. The number of nitrogens with zero attached hydrogens (tertiary/aromatic N) is 1. The zero-order chi connectivity index (χ0) is 15.1. The maximum absolute atomic E-state index is 8.61. The van der Waals surface area contributed by atoms with Gasteiger partial charge >= 0.3 is 0 Å². The predicted molar refractivity (Wildman–Crippen MR) is 82.7 cm³/mol. The minimum Gasteiger partial charge on any atom is -0.490 e. The molecule has 0 aliphatic heterocycles. The summed E-state index contributed by atoms with van der Waals surface area (Å²) in [5, 5.41) is 8.61. The molecule has 2 rings (SSSR count). The summed E-state index contributed by atoms with van der Waals surface area (Å²) in [4.78, 5) is 0. The first-order valence-electron chi connectivity index (χ1n) is 6.98.